The molecule has 1 unspecified atom stereocenters. The molecule has 0 bridgehead atoms. The Bertz CT molecular complexity index is 226. The van der Waals surface area contributed by atoms with Gasteiger partial charge in [0.2, 0.25) is 0 Å². The van der Waals surface area contributed by atoms with Crippen molar-refractivity contribution in [3.8, 4) is 0 Å². The molecule has 1 aliphatic heterocycles. The molecule has 1 saturated heterocycles. The fourth-order valence-corrected chi connectivity index (χ4v) is 2.58. The van der Waals surface area contributed by atoms with Crippen molar-refractivity contribution in [3.05, 3.63) is 0 Å². The van der Waals surface area contributed by atoms with E-state index in [0.29, 0.717) is 25.8 Å². The van der Waals surface area contributed by atoms with Crippen LogP contribution in [0.1, 0.15) is 25.7 Å². The quantitative estimate of drug-likeness (QED) is 0.742. The van der Waals surface area contributed by atoms with Crippen LogP contribution in [-0.4, -0.2) is 48.3 Å². The first-order valence-electron chi connectivity index (χ1n) is 5.82. The van der Waals surface area contributed by atoms with Gasteiger partial charge in [-0.3, -0.25) is 9.69 Å². The van der Waals surface area contributed by atoms with Gasteiger partial charge in [0, 0.05) is 19.1 Å². The van der Waals surface area contributed by atoms with Crippen LogP contribution in [0.2, 0.25) is 0 Å². The van der Waals surface area contributed by atoms with Crippen molar-refractivity contribution in [2.45, 2.75) is 31.7 Å². The number of aliphatic carboxylic acids is 1. The fourth-order valence-electron chi connectivity index (χ4n) is 2.58. The van der Waals surface area contributed by atoms with E-state index in [9.17, 15) is 4.79 Å². The minimum Gasteiger partial charge on any atom is -0.481 e. The van der Waals surface area contributed by atoms with E-state index < -0.39 is 5.97 Å². The van der Waals surface area contributed by atoms with Crippen molar-refractivity contribution >= 4 is 5.97 Å². The summed E-state index contributed by atoms with van der Waals surface area (Å²) in [5, 5.41) is 9.02. The molecule has 1 atom stereocenters. The largest absolute Gasteiger partial charge is 0.481 e. The van der Waals surface area contributed by atoms with Gasteiger partial charge < -0.3 is 9.84 Å². The number of hydrogen-bond donors (Lipinski definition) is 1. The maximum Gasteiger partial charge on any atom is 0.310 e. The lowest BCUT2D eigenvalue weighted by Gasteiger charge is -2.27. The number of carboxylic acids is 1. The molecular weight excluding hydrogens is 194 g/mol. The Morgan fingerprint density at radius 2 is 2.07 bits per heavy atom. The van der Waals surface area contributed by atoms with E-state index in [1.54, 1.807) is 0 Å². The summed E-state index contributed by atoms with van der Waals surface area (Å²) in [6.45, 7) is 2.62. The molecular formula is C11H19NO3. The topological polar surface area (TPSA) is 49.8 Å². The molecule has 15 heavy (non-hydrogen) atoms. The first kappa shape index (κ1) is 10.9. The fraction of sp³-hybridized carbons (Fsp3) is 0.909. The van der Waals surface area contributed by atoms with Crippen LogP contribution in [0, 0.1) is 5.92 Å². The Balaban J connectivity index is 1.94. The highest BCUT2D eigenvalue weighted by atomic mass is 16.5. The molecule has 0 spiro atoms. The summed E-state index contributed by atoms with van der Waals surface area (Å²) in [6, 6.07) is 0.605. The van der Waals surface area contributed by atoms with E-state index >= 15 is 0 Å². The minimum atomic E-state index is -0.722. The van der Waals surface area contributed by atoms with Crippen LogP contribution in [0.4, 0.5) is 0 Å². The third-order valence-electron chi connectivity index (χ3n) is 3.49. The van der Waals surface area contributed by atoms with Crippen molar-refractivity contribution in [3.63, 3.8) is 0 Å². The zero-order valence-corrected chi connectivity index (χ0v) is 9.02. The number of nitrogens with zero attached hydrogens (tertiary/aromatic N) is 1. The van der Waals surface area contributed by atoms with Crippen LogP contribution in [0.5, 0.6) is 0 Å². The minimum absolute atomic E-state index is 0.340. The Morgan fingerprint density at radius 1 is 1.33 bits per heavy atom. The third-order valence-corrected chi connectivity index (χ3v) is 3.49. The standard InChI is InChI=1S/C11H19NO3/c13-11(14)9-7-12(5-6-15-8-9)10-3-1-2-4-10/h9-10H,1-8H2,(H,13,14). The number of rotatable bonds is 2. The normalized spacial score (nSPS) is 30.3. The molecule has 86 valence electrons. The molecule has 0 amide bonds. The highest BCUT2D eigenvalue weighted by Crippen LogP contribution is 2.25. The number of carboxylic acid groups (broad SMARTS) is 1. The molecule has 4 nitrogen and oxygen atoms in total. The summed E-state index contributed by atoms with van der Waals surface area (Å²) < 4.78 is 5.34. The zero-order chi connectivity index (χ0) is 10.7. The number of hydrogen-bond acceptors (Lipinski definition) is 3. The summed E-state index contributed by atoms with van der Waals surface area (Å²) in [5.41, 5.74) is 0. The van der Waals surface area contributed by atoms with Gasteiger partial charge >= 0.3 is 5.97 Å². The maximum absolute atomic E-state index is 11.0. The molecule has 0 aromatic rings. The van der Waals surface area contributed by atoms with Gasteiger partial charge in [-0.1, -0.05) is 12.8 Å². The summed E-state index contributed by atoms with van der Waals surface area (Å²) in [6.07, 6.45) is 5.04. The molecule has 0 radical (unpaired) electrons. The summed E-state index contributed by atoms with van der Waals surface area (Å²) >= 11 is 0. The molecule has 2 rings (SSSR count). The van der Waals surface area contributed by atoms with Crippen LogP contribution >= 0.6 is 0 Å². The Morgan fingerprint density at radius 3 is 2.73 bits per heavy atom. The van der Waals surface area contributed by atoms with Gasteiger partial charge in [-0.05, 0) is 12.8 Å². The van der Waals surface area contributed by atoms with E-state index in [0.717, 1.165) is 6.54 Å². The monoisotopic (exact) mass is 213 g/mol. The lowest BCUT2D eigenvalue weighted by molar-refractivity contribution is -0.143. The second kappa shape index (κ2) is 4.94. The van der Waals surface area contributed by atoms with Gasteiger partial charge in [-0.15, -0.1) is 0 Å². The van der Waals surface area contributed by atoms with Gasteiger partial charge in [0.25, 0.3) is 0 Å². The van der Waals surface area contributed by atoms with Crippen molar-refractivity contribution in [1.29, 1.82) is 0 Å². The van der Waals surface area contributed by atoms with Crippen molar-refractivity contribution in [2.24, 2.45) is 5.92 Å². The predicted molar refractivity (Wildman–Crippen MR) is 55.8 cm³/mol. The highest BCUT2D eigenvalue weighted by Gasteiger charge is 2.29. The van der Waals surface area contributed by atoms with Crippen molar-refractivity contribution in [1.82, 2.24) is 4.90 Å². The average Bonchev–Trinajstić information content (AvgIpc) is 2.62. The van der Waals surface area contributed by atoms with Crippen LogP contribution in [0.25, 0.3) is 0 Å². The lowest BCUT2D eigenvalue weighted by Crippen LogP contribution is -2.39. The lowest BCUT2D eigenvalue weighted by atomic mass is 10.1. The predicted octanol–water partition coefficient (Wildman–Crippen LogP) is 0.962. The second-order valence-electron chi connectivity index (χ2n) is 4.54. The first-order valence-corrected chi connectivity index (χ1v) is 5.82. The average molecular weight is 213 g/mol. The van der Waals surface area contributed by atoms with Crippen molar-refractivity contribution < 1.29 is 14.6 Å². The molecule has 1 heterocycles. The number of carbonyl (C=O) groups is 1. The van der Waals surface area contributed by atoms with E-state index in [-0.39, 0.29) is 5.92 Å². The molecule has 2 fully saturated rings. The Labute approximate surface area is 90.2 Å². The molecule has 1 N–H and O–H groups in total. The van der Waals surface area contributed by atoms with Crippen molar-refractivity contribution in [2.75, 3.05) is 26.3 Å². The summed E-state index contributed by atoms with van der Waals surface area (Å²) in [5.74, 6) is -1.06. The maximum atomic E-state index is 11.0. The smallest absolute Gasteiger partial charge is 0.310 e. The van der Waals surface area contributed by atoms with Gasteiger partial charge in [0.05, 0.1) is 19.1 Å². The van der Waals surface area contributed by atoms with Gasteiger partial charge in [-0.2, -0.15) is 0 Å². The van der Waals surface area contributed by atoms with Gasteiger partial charge in [-0.25, -0.2) is 0 Å². The molecule has 4 heteroatoms. The SMILES string of the molecule is O=C(O)C1COCCN(C2CCCC2)C1. The van der Waals surface area contributed by atoms with Gasteiger partial charge in [0.1, 0.15) is 0 Å². The van der Waals surface area contributed by atoms with E-state index in [1.165, 1.54) is 25.7 Å². The molecule has 2 aliphatic rings. The van der Waals surface area contributed by atoms with E-state index in [1.807, 2.05) is 0 Å². The van der Waals surface area contributed by atoms with Crippen LogP contribution in [0.15, 0.2) is 0 Å². The number of ether oxygens (including phenoxy) is 1. The van der Waals surface area contributed by atoms with Crippen LogP contribution < -0.4 is 0 Å². The van der Waals surface area contributed by atoms with E-state index in [4.69, 9.17) is 9.84 Å². The van der Waals surface area contributed by atoms with Gasteiger partial charge in [0.15, 0.2) is 0 Å². The zero-order valence-electron chi connectivity index (χ0n) is 9.02. The van der Waals surface area contributed by atoms with Crippen LogP contribution in [-0.2, 0) is 9.53 Å². The molecule has 0 aromatic heterocycles. The summed E-state index contributed by atoms with van der Waals surface area (Å²) in [4.78, 5) is 13.3. The molecule has 1 aliphatic carbocycles. The first-order chi connectivity index (χ1) is 7.27. The summed E-state index contributed by atoms with van der Waals surface area (Å²) in [7, 11) is 0. The second-order valence-corrected chi connectivity index (χ2v) is 4.54. The van der Waals surface area contributed by atoms with Crippen LogP contribution in [0.3, 0.4) is 0 Å². The highest BCUT2D eigenvalue weighted by molar-refractivity contribution is 5.70. The molecule has 0 aromatic carbocycles. The third kappa shape index (κ3) is 2.69. The van der Waals surface area contributed by atoms with E-state index in [2.05, 4.69) is 4.90 Å². The molecule has 1 saturated carbocycles. The Kier molecular flexibility index (Phi) is 3.59. The Hall–Kier alpha value is -0.610.